The quantitative estimate of drug-likeness (QED) is 0.616. The molecule has 1 aromatic rings. The first kappa shape index (κ1) is 16.5. The van der Waals surface area contributed by atoms with Gasteiger partial charge in [0.1, 0.15) is 11.7 Å². The van der Waals surface area contributed by atoms with Crippen molar-refractivity contribution in [1.29, 1.82) is 0 Å². The predicted molar refractivity (Wildman–Crippen MR) is 86.8 cm³/mol. The van der Waals surface area contributed by atoms with E-state index in [1.54, 1.807) is 0 Å². The van der Waals surface area contributed by atoms with Gasteiger partial charge in [0.05, 0.1) is 20.8 Å². The highest BCUT2D eigenvalue weighted by molar-refractivity contribution is 5.96. The number of hydrogen-bond acceptors (Lipinski definition) is 6. The molecule has 1 spiro atoms. The third kappa shape index (κ3) is 2.04. The Balaban J connectivity index is 1.82. The van der Waals surface area contributed by atoms with Gasteiger partial charge in [0.15, 0.2) is 5.92 Å². The van der Waals surface area contributed by atoms with Crippen LogP contribution in [0.1, 0.15) is 36.5 Å². The lowest BCUT2D eigenvalue weighted by molar-refractivity contribution is -0.180. The van der Waals surface area contributed by atoms with Gasteiger partial charge in [-0.2, -0.15) is 0 Å². The Morgan fingerprint density at radius 1 is 1.16 bits per heavy atom. The lowest BCUT2D eigenvalue weighted by atomic mass is 9.87. The monoisotopic (exact) mass is 346 g/mol. The molecule has 0 radical (unpaired) electrons. The molecule has 0 aromatic heterocycles. The van der Waals surface area contributed by atoms with Crippen LogP contribution in [0.4, 0.5) is 0 Å². The number of rotatable bonds is 3. The molecule has 0 N–H and O–H groups in total. The Kier molecular flexibility index (Phi) is 3.67. The van der Waals surface area contributed by atoms with E-state index >= 15 is 0 Å². The summed E-state index contributed by atoms with van der Waals surface area (Å²) in [5.41, 5.74) is 1.44. The molecule has 2 fully saturated rings. The Hall–Kier alpha value is -1.92. The van der Waals surface area contributed by atoms with Gasteiger partial charge in [0.2, 0.25) is 0 Å². The van der Waals surface area contributed by atoms with Gasteiger partial charge in [-0.3, -0.25) is 9.59 Å². The van der Waals surface area contributed by atoms with Crippen LogP contribution in [0.15, 0.2) is 24.3 Å². The van der Waals surface area contributed by atoms with Crippen LogP contribution in [0.3, 0.4) is 0 Å². The van der Waals surface area contributed by atoms with E-state index in [0.717, 1.165) is 17.5 Å². The molecule has 1 saturated heterocycles. The number of carbonyl (C=O) groups excluding carboxylic acids is 2. The van der Waals surface area contributed by atoms with Gasteiger partial charge in [0, 0.05) is 17.9 Å². The summed E-state index contributed by atoms with van der Waals surface area (Å²) in [7, 11) is 2.53. The van der Waals surface area contributed by atoms with E-state index in [-0.39, 0.29) is 11.3 Å². The Morgan fingerprint density at radius 2 is 1.80 bits per heavy atom. The molecule has 25 heavy (non-hydrogen) atoms. The van der Waals surface area contributed by atoms with Crippen molar-refractivity contribution in [1.82, 2.24) is 0 Å². The standard InChI is InChI=1S/C19H22O6/c1-18-8-9-24-10-19(18)15(18)12-7-5-4-6-11(12)14(25-19)13(16(20)22-2)17(21)23-3/h4-7,13-15H,8-10H2,1-3H3/t14?,15?,18?,19-/m1/s1. The Morgan fingerprint density at radius 3 is 2.44 bits per heavy atom. The van der Waals surface area contributed by atoms with Crippen LogP contribution in [0.2, 0.25) is 0 Å². The number of ether oxygens (including phenoxy) is 4. The summed E-state index contributed by atoms with van der Waals surface area (Å²) in [6.45, 7) is 3.36. The minimum atomic E-state index is -1.15. The van der Waals surface area contributed by atoms with E-state index in [2.05, 4.69) is 13.0 Å². The molecule has 2 heterocycles. The SMILES string of the molecule is COC(=O)C(C(=O)OC)C1O[C@@]23COCCC2(C)C3c2ccccc21. The summed E-state index contributed by atoms with van der Waals surface area (Å²) < 4.78 is 21.9. The molecule has 6 heteroatoms. The zero-order valence-corrected chi connectivity index (χ0v) is 14.6. The van der Waals surface area contributed by atoms with Crippen LogP contribution in [0.25, 0.3) is 0 Å². The molecule has 3 aliphatic rings. The molecule has 134 valence electrons. The van der Waals surface area contributed by atoms with Gasteiger partial charge in [-0.15, -0.1) is 0 Å². The number of hydrogen-bond donors (Lipinski definition) is 0. The predicted octanol–water partition coefficient (Wildman–Crippen LogP) is 1.98. The molecule has 2 aliphatic heterocycles. The summed E-state index contributed by atoms with van der Waals surface area (Å²) >= 11 is 0. The lowest BCUT2D eigenvalue weighted by Gasteiger charge is -2.36. The van der Waals surface area contributed by atoms with Crippen LogP contribution >= 0.6 is 0 Å². The van der Waals surface area contributed by atoms with Gasteiger partial charge in [-0.05, 0) is 17.5 Å². The van der Waals surface area contributed by atoms with Crippen LogP contribution < -0.4 is 0 Å². The van der Waals surface area contributed by atoms with Gasteiger partial charge < -0.3 is 18.9 Å². The summed E-state index contributed by atoms with van der Waals surface area (Å²) in [6, 6.07) is 7.85. The molecule has 4 atom stereocenters. The largest absolute Gasteiger partial charge is 0.468 e. The Bertz CT molecular complexity index is 714. The first-order chi connectivity index (χ1) is 12.0. The number of carbonyl (C=O) groups is 2. The fourth-order valence-corrected chi connectivity index (χ4v) is 4.83. The maximum atomic E-state index is 12.3. The molecule has 1 aliphatic carbocycles. The van der Waals surface area contributed by atoms with Gasteiger partial charge >= 0.3 is 11.9 Å². The topological polar surface area (TPSA) is 71.1 Å². The average molecular weight is 346 g/mol. The fraction of sp³-hybridized carbons (Fsp3) is 0.579. The minimum absolute atomic E-state index is 0.0487. The zero-order valence-electron chi connectivity index (χ0n) is 14.6. The van der Waals surface area contributed by atoms with Crippen molar-refractivity contribution < 1.29 is 28.5 Å². The van der Waals surface area contributed by atoms with Crippen molar-refractivity contribution in [3.05, 3.63) is 35.4 Å². The van der Waals surface area contributed by atoms with E-state index in [4.69, 9.17) is 18.9 Å². The number of methoxy groups -OCH3 is 2. The highest BCUT2D eigenvalue weighted by Crippen LogP contribution is 2.76. The zero-order chi connectivity index (χ0) is 17.8. The van der Waals surface area contributed by atoms with E-state index in [0.29, 0.717) is 13.2 Å². The summed E-state index contributed by atoms with van der Waals surface area (Å²) in [6.07, 6.45) is 0.149. The summed E-state index contributed by atoms with van der Waals surface area (Å²) in [5, 5.41) is 0. The lowest BCUT2D eigenvalue weighted by Crippen LogP contribution is -2.42. The molecule has 1 aromatic carbocycles. The second kappa shape index (κ2) is 5.54. The normalized spacial score (nSPS) is 35.2. The third-order valence-electron chi connectivity index (χ3n) is 6.23. The highest BCUT2D eigenvalue weighted by Gasteiger charge is 2.79. The maximum absolute atomic E-state index is 12.3. The van der Waals surface area contributed by atoms with Gasteiger partial charge in [-0.1, -0.05) is 31.2 Å². The third-order valence-corrected chi connectivity index (χ3v) is 6.23. The summed E-state index contributed by atoms with van der Waals surface area (Å²) in [4.78, 5) is 24.7. The molecule has 0 bridgehead atoms. The number of esters is 2. The fourth-order valence-electron chi connectivity index (χ4n) is 4.83. The number of benzene rings is 1. The first-order valence-corrected chi connectivity index (χ1v) is 8.50. The maximum Gasteiger partial charge on any atom is 0.323 e. The Labute approximate surface area is 146 Å². The molecule has 6 nitrogen and oxygen atoms in total. The molecule has 4 rings (SSSR count). The van der Waals surface area contributed by atoms with Crippen LogP contribution in [0, 0.1) is 11.3 Å². The van der Waals surface area contributed by atoms with Crippen molar-refractivity contribution in [2.24, 2.45) is 11.3 Å². The van der Waals surface area contributed by atoms with Gasteiger partial charge in [-0.25, -0.2) is 0 Å². The van der Waals surface area contributed by atoms with E-state index < -0.39 is 29.6 Å². The van der Waals surface area contributed by atoms with Crippen LogP contribution in [-0.2, 0) is 28.5 Å². The molecule has 3 unspecified atom stereocenters. The van der Waals surface area contributed by atoms with E-state index in [1.807, 2.05) is 18.2 Å². The van der Waals surface area contributed by atoms with Crippen molar-refractivity contribution in [2.75, 3.05) is 27.4 Å². The molecular formula is C19H22O6. The van der Waals surface area contributed by atoms with Crippen LogP contribution in [0.5, 0.6) is 0 Å². The van der Waals surface area contributed by atoms with Crippen LogP contribution in [-0.4, -0.2) is 45.0 Å². The first-order valence-electron chi connectivity index (χ1n) is 8.50. The van der Waals surface area contributed by atoms with E-state index in [9.17, 15) is 9.59 Å². The van der Waals surface area contributed by atoms with Crippen molar-refractivity contribution in [3.63, 3.8) is 0 Å². The molecule has 1 saturated carbocycles. The van der Waals surface area contributed by atoms with Crippen molar-refractivity contribution in [3.8, 4) is 0 Å². The van der Waals surface area contributed by atoms with E-state index in [1.165, 1.54) is 14.2 Å². The van der Waals surface area contributed by atoms with Gasteiger partial charge in [0.25, 0.3) is 0 Å². The molecular weight excluding hydrogens is 324 g/mol. The minimum Gasteiger partial charge on any atom is -0.468 e. The summed E-state index contributed by atoms with van der Waals surface area (Å²) in [5.74, 6) is -2.25. The number of fused-ring (bicyclic) bond motifs is 3. The highest BCUT2D eigenvalue weighted by atomic mass is 16.6. The average Bonchev–Trinajstić information content (AvgIpc) is 3.21. The van der Waals surface area contributed by atoms with Crippen molar-refractivity contribution >= 4 is 11.9 Å². The molecule has 0 amide bonds. The second-order valence-electron chi connectivity index (χ2n) is 7.23. The second-order valence-corrected chi connectivity index (χ2v) is 7.23. The smallest absolute Gasteiger partial charge is 0.323 e. The van der Waals surface area contributed by atoms with Crippen molar-refractivity contribution in [2.45, 2.75) is 31.0 Å².